The number of carbonyl (C=O) groups is 2. The van der Waals surface area contributed by atoms with Crippen molar-refractivity contribution in [3.8, 4) is 0 Å². The van der Waals surface area contributed by atoms with Gasteiger partial charge in [-0.2, -0.15) is 0 Å². The number of carbonyl (C=O) groups excluding carboxylic acids is 2. The number of sulfonamides is 1. The zero-order valence-corrected chi connectivity index (χ0v) is 14.2. The first-order valence-corrected chi connectivity index (χ1v) is 9.26. The zero-order chi connectivity index (χ0) is 17.5. The maximum atomic E-state index is 12.8. The first-order chi connectivity index (χ1) is 11.3. The Morgan fingerprint density at radius 2 is 2.04 bits per heavy atom. The number of nitrogens with one attached hydrogen (secondary N) is 1. The van der Waals surface area contributed by atoms with Gasteiger partial charge in [0.25, 0.3) is 5.91 Å². The third-order valence-corrected chi connectivity index (χ3v) is 5.46. The lowest BCUT2D eigenvalue weighted by molar-refractivity contribution is -0.131. The number of primary sulfonamides is 1. The molecule has 2 aliphatic rings. The second-order valence-corrected chi connectivity index (χ2v) is 7.68. The Balaban J connectivity index is 1.85. The smallest absolute Gasteiger partial charge is 0.254 e. The Labute approximate surface area is 140 Å². The van der Waals surface area contributed by atoms with E-state index in [2.05, 4.69) is 10.2 Å². The van der Waals surface area contributed by atoms with Crippen LogP contribution in [0.1, 0.15) is 15.9 Å². The third kappa shape index (κ3) is 3.14. The number of amides is 2. The molecule has 1 atom stereocenters. The normalized spacial score (nSPS) is 22.0. The van der Waals surface area contributed by atoms with Crippen molar-refractivity contribution in [2.24, 2.45) is 5.14 Å². The van der Waals surface area contributed by atoms with E-state index in [9.17, 15) is 18.0 Å². The molecule has 0 unspecified atom stereocenters. The molecule has 3 rings (SSSR count). The Morgan fingerprint density at radius 1 is 1.29 bits per heavy atom. The van der Waals surface area contributed by atoms with E-state index in [1.807, 2.05) is 0 Å². The van der Waals surface area contributed by atoms with Crippen LogP contribution in [-0.2, 0) is 14.8 Å². The fourth-order valence-corrected chi connectivity index (χ4v) is 3.68. The van der Waals surface area contributed by atoms with Crippen LogP contribution in [0.3, 0.4) is 0 Å². The lowest BCUT2D eigenvalue weighted by Gasteiger charge is -2.43. The maximum absolute atomic E-state index is 12.8. The number of aryl methyl sites for hydroxylation is 1. The first-order valence-electron chi connectivity index (χ1n) is 7.72. The molecule has 8 nitrogen and oxygen atoms in total. The molecule has 3 N–H and O–H groups in total. The van der Waals surface area contributed by atoms with Gasteiger partial charge < -0.3 is 10.2 Å². The Bertz CT molecular complexity index is 793. The first kappa shape index (κ1) is 16.9. The van der Waals surface area contributed by atoms with Crippen LogP contribution in [0.2, 0.25) is 0 Å². The minimum Gasteiger partial charge on any atom is -0.353 e. The van der Waals surface area contributed by atoms with E-state index in [4.69, 9.17) is 5.14 Å². The van der Waals surface area contributed by atoms with Gasteiger partial charge in [-0.05, 0) is 24.6 Å². The number of hydrogen-bond acceptors (Lipinski definition) is 5. The van der Waals surface area contributed by atoms with Crippen molar-refractivity contribution in [3.63, 3.8) is 0 Å². The quantitative estimate of drug-likeness (QED) is 0.701. The molecule has 0 aromatic heterocycles. The average Bonchev–Trinajstić information content (AvgIpc) is 2.54. The van der Waals surface area contributed by atoms with Gasteiger partial charge in [-0.25, -0.2) is 13.6 Å². The summed E-state index contributed by atoms with van der Waals surface area (Å²) in [7, 11) is -3.88. The molecule has 1 aromatic rings. The minimum atomic E-state index is -3.88. The molecule has 1 aromatic carbocycles. The van der Waals surface area contributed by atoms with Crippen molar-refractivity contribution in [2.75, 3.05) is 32.7 Å². The van der Waals surface area contributed by atoms with Gasteiger partial charge in [0.2, 0.25) is 15.9 Å². The number of benzene rings is 1. The molecule has 0 saturated carbocycles. The molecule has 2 amide bonds. The summed E-state index contributed by atoms with van der Waals surface area (Å²) >= 11 is 0. The SMILES string of the molecule is Cc1ccc(S(N)(=O)=O)cc1C(=O)N1CCN2CCNC(=O)[C@@H]2C1. The predicted molar refractivity (Wildman–Crippen MR) is 86.8 cm³/mol. The van der Waals surface area contributed by atoms with Crippen molar-refractivity contribution < 1.29 is 18.0 Å². The lowest BCUT2D eigenvalue weighted by atomic mass is 10.0. The molecular weight excluding hydrogens is 332 g/mol. The highest BCUT2D eigenvalue weighted by atomic mass is 32.2. The van der Waals surface area contributed by atoms with Gasteiger partial charge >= 0.3 is 0 Å². The lowest BCUT2D eigenvalue weighted by Crippen LogP contribution is -2.64. The number of piperazine rings is 2. The van der Waals surface area contributed by atoms with E-state index < -0.39 is 10.0 Å². The van der Waals surface area contributed by atoms with Gasteiger partial charge in [-0.15, -0.1) is 0 Å². The van der Waals surface area contributed by atoms with Crippen LogP contribution in [0, 0.1) is 6.92 Å². The van der Waals surface area contributed by atoms with Crippen molar-refractivity contribution in [2.45, 2.75) is 17.9 Å². The van der Waals surface area contributed by atoms with Crippen LogP contribution in [0.4, 0.5) is 0 Å². The Hall–Kier alpha value is -1.97. The van der Waals surface area contributed by atoms with Crippen molar-refractivity contribution in [1.82, 2.24) is 15.1 Å². The molecule has 130 valence electrons. The van der Waals surface area contributed by atoms with E-state index in [0.717, 1.165) is 6.54 Å². The summed E-state index contributed by atoms with van der Waals surface area (Å²) < 4.78 is 23.0. The highest BCUT2D eigenvalue weighted by Gasteiger charge is 2.36. The van der Waals surface area contributed by atoms with Crippen LogP contribution in [0.25, 0.3) is 0 Å². The number of hydrogen-bond donors (Lipinski definition) is 2. The summed E-state index contributed by atoms with van der Waals surface area (Å²) in [4.78, 5) is 28.4. The summed E-state index contributed by atoms with van der Waals surface area (Å²) in [6.07, 6.45) is 0. The van der Waals surface area contributed by atoms with Crippen molar-refractivity contribution >= 4 is 21.8 Å². The zero-order valence-electron chi connectivity index (χ0n) is 13.4. The van der Waals surface area contributed by atoms with Crippen LogP contribution in [0.15, 0.2) is 23.1 Å². The van der Waals surface area contributed by atoms with Crippen LogP contribution in [0.5, 0.6) is 0 Å². The summed E-state index contributed by atoms with van der Waals surface area (Å²) in [6.45, 7) is 4.56. The van der Waals surface area contributed by atoms with Gasteiger partial charge in [-0.3, -0.25) is 14.5 Å². The van der Waals surface area contributed by atoms with E-state index in [0.29, 0.717) is 37.3 Å². The summed E-state index contributed by atoms with van der Waals surface area (Å²) in [6, 6.07) is 3.91. The number of nitrogens with zero attached hydrogens (tertiary/aromatic N) is 2. The molecule has 2 aliphatic heterocycles. The molecule has 9 heteroatoms. The van der Waals surface area contributed by atoms with Gasteiger partial charge in [0, 0.05) is 38.3 Å². The molecule has 2 fully saturated rings. The third-order valence-electron chi connectivity index (χ3n) is 4.55. The van der Waals surface area contributed by atoms with E-state index >= 15 is 0 Å². The topological polar surface area (TPSA) is 113 Å². The van der Waals surface area contributed by atoms with Crippen LogP contribution in [-0.4, -0.2) is 68.8 Å². The fourth-order valence-electron chi connectivity index (χ4n) is 3.14. The number of nitrogens with two attached hydrogens (primary N) is 1. The second kappa shape index (κ2) is 6.15. The van der Waals surface area contributed by atoms with Gasteiger partial charge in [-0.1, -0.05) is 6.07 Å². The summed E-state index contributed by atoms with van der Waals surface area (Å²) in [5.41, 5.74) is 0.967. The Kier molecular flexibility index (Phi) is 4.33. The van der Waals surface area contributed by atoms with Gasteiger partial charge in [0.15, 0.2) is 0 Å². The monoisotopic (exact) mass is 352 g/mol. The van der Waals surface area contributed by atoms with E-state index in [-0.39, 0.29) is 22.8 Å². The molecule has 2 heterocycles. The highest BCUT2D eigenvalue weighted by Crippen LogP contribution is 2.19. The molecule has 0 radical (unpaired) electrons. The molecular formula is C15H20N4O4S. The second-order valence-electron chi connectivity index (χ2n) is 6.12. The van der Waals surface area contributed by atoms with Gasteiger partial charge in [0.05, 0.1) is 4.90 Å². The largest absolute Gasteiger partial charge is 0.353 e. The van der Waals surface area contributed by atoms with E-state index in [1.165, 1.54) is 12.1 Å². The highest BCUT2D eigenvalue weighted by molar-refractivity contribution is 7.89. The molecule has 0 aliphatic carbocycles. The summed E-state index contributed by atoms with van der Waals surface area (Å²) in [5, 5.41) is 7.95. The Morgan fingerprint density at radius 3 is 2.75 bits per heavy atom. The number of fused-ring (bicyclic) bond motifs is 1. The summed E-state index contributed by atoms with van der Waals surface area (Å²) in [5.74, 6) is -0.357. The fraction of sp³-hybridized carbons (Fsp3) is 0.467. The number of rotatable bonds is 2. The standard InChI is InChI=1S/C15H20N4O4S/c1-10-2-3-11(24(16,22)23)8-12(10)15(21)19-7-6-18-5-4-17-14(20)13(18)9-19/h2-3,8,13H,4-7,9H2,1H3,(H,17,20)(H2,16,22,23)/t13-/m0/s1. The molecule has 0 spiro atoms. The maximum Gasteiger partial charge on any atom is 0.254 e. The minimum absolute atomic E-state index is 0.0752. The van der Waals surface area contributed by atoms with Crippen LogP contribution >= 0.6 is 0 Å². The van der Waals surface area contributed by atoms with Crippen molar-refractivity contribution in [3.05, 3.63) is 29.3 Å². The van der Waals surface area contributed by atoms with Crippen molar-refractivity contribution in [1.29, 1.82) is 0 Å². The average molecular weight is 352 g/mol. The van der Waals surface area contributed by atoms with Crippen LogP contribution < -0.4 is 10.5 Å². The molecule has 2 saturated heterocycles. The molecule has 0 bridgehead atoms. The van der Waals surface area contributed by atoms with E-state index in [1.54, 1.807) is 17.9 Å². The molecule has 24 heavy (non-hydrogen) atoms. The van der Waals surface area contributed by atoms with Gasteiger partial charge in [0.1, 0.15) is 6.04 Å². The predicted octanol–water partition coefficient (Wildman–Crippen LogP) is -1.10.